The minimum atomic E-state index is -1.23. The van der Waals surface area contributed by atoms with E-state index in [9.17, 15) is 9.59 Å². The summed E-state index contributed by atoms with van der Waals surface area (Å²) >= 11 is 0. The van der Waals surface area contributed by atoms with E-state index in [0.29, 0.717) is 17.2 Å². The number of aromatic nitrogens is 1. The molecule has 1 heterocycles. The fraction of sp³-hybridized carbons (Fsp3) is 0.133. The highest BCUT2D eigenvalue weighted by molar-refractivity contribution is 6.11. The van der Waals surface area contributed by atoms with Gasteiger partial charge < -0.3 is 19.9 Å². The van der Waals surface area contributed by atoms with Gasteiger partial charge >= 0.3 is 5.97 Å². The molecule has 0 aliphatic heterocycles. The first-order chi connectivity index (χ1) is 10.6. The third kappa shape index (κ3) is 3.14. The van der Waals surface area contributed by atoms with Crippen LogP contribution < -0.4 is 14.8 Å². The Morgan fingerprint density at radius 2 is 1.91 bits per heavy atom. The van der Waals surface area contributed by atoms with Crippen LogP contribution in [0, 0.1) is 0 Å². The van der Waals surface area contributed by atoms with Crippen LogP contribution in [0.5, 0.6) is 11.5 Å². The predicted octanol–water partition coefficient (Wildman–Crippen LogP) is 2.05. The van der Waals surface area contributed by atoms with Crippen molar-refractivity contribution < 1.29 is 24.2 Å². The molecular weight excluding hydrogens is 288 g/mol. The van der Waals surface area contributed by atoms with E-state index in [-0.39, 0.29) is 11.1 Å². The molecule has 1 aromatic heterocycles. The highest BCUT2D eigenvalue weighted by atomic mass is 16.5. The minimum absolute atomic E-state index is 0.00683. The Kier molecular flexibility index (Phi) is 4.57. The zero-order valence-corrected chi connectivity index (χ0v) is 12.0. The maximum absolute atomic E-state index is 12.3. The van der Waals surface area contributed by atoms with E-state index in [1.165, 1.54) is 26.5 Å². The van der Waals surface area contributed by atoms with Crippen molar-refractivity contribution in [2.24, 2.45) is 0 Å². The number of carboxylic acids is 1. The van der Waals surface area contributed by atoms with E-state index in [0.717, 1.165) is 6.20 Å². The minimum Gasteiger partial charge on any atom is -0.497 e. The molecule has 114 valence electrons. The molecule has 1 aromatic carbocycles. The van der Waals surface area contributed by atoms with Crippen LogP contribution in [0.1, 0.15) is 20.7 Å². The second-order valence-corrected chi connectivity index (χ2v) is 4.25. The average Bonchev–Trinajstić information content (AvgIpc) is 2.54. The van der Waals surface area contributed by atoms with Gasteiger partial charge in [0, 0.05) is 18.5 Å². The fourth-order valence-corrected chi connectivity index (χ4v) is 1.86. The van der Waals surface area contributed by atoms with Gasteiger partial charge in [-0.15, -0.1) is 0 Å². The van der Waals surface area contributed by atoms with Gasteiger partial charge in [0.1, 0.15) is 11.5 Å². The normalized spacial score (nSPS) is 9.91. The summed E-state index contributed by atoms with van der Waals surface area (Å²) < 4.78 is 10.3. The molecule has 1 amide bonds. The number of aromatic carboxylic acids is 1. The molecule has 0 aliphatic carbocycles. The first kappa shape index (κ1) is 15.3. The summed E-state index contributed by atoms with van der Waals surface area (Å²) in [6, 6.07) is 6.24. The number of nitrogens with one attached hydrogen (secondary N) is 1. The summed E-state index contributed by atoms with van der Waals surface area (Å²) in [4.78, 5) is 27.2. The molecule has 2 aromatic rings. The molecule has 0 radical (unpaired) electrons. The number of amides is 1. The number of ether oxygens (including phenoxy) is 2. The molecular formula is C15H14N2O5. The lowest BCUT2D eigenvalue weighted by atomic mass is 10.1. The highest BCUT2D eigenvalue weighted by Gasteiger charge is 2.18. The Balaban J connectivity index is 2.35. The molecule has 7 nitrogen and oxygen atoms in total. The van der Waals surface area contributed by atoms with Crippen LogP contribution in [0.4, 0.5) is 5.69 Å². The number of hydrogen-bond donors (Lipinski definition) is 2. The van der Waals surface area contributed by atoms with Crippen molar-refractivity contribution in [3.8, 4) is 11.5 Å². The number of benzene rings is 1. The van der Waals surface area contributed by atoms with Gasteiger partial charge in [-0.3, -0.25) is 9.78 Å². The fourth-order valence-electron chi connectivity index (χ4n) is 1.86. The molecule has 2 N–H and O–H groups in total. The van der Waals surface area contributed by atoms with Crippen molar-refractivity contribution in [2.75, 3.05) is 19.5 Å². The van der Waals surface area contributed by atoms with Crippen molar-refractivity contribution in [3.05, 3.63) is 47.8 Å². The van der Waals surface area contributed by atoms with Crippen molar-refractivity contribution in [3.63, 3.8) is 0 Å². The Labute approximate surface area is 126 Å². The first-order valence-corrected chi connectivity index (χ1v) is 6.27. The van der Waals surface area contributed by atoms with E-state index >= 15 is 0 Å². The average molecular weight is 302 g/mol. The van der Waals surface area contributed by atoms with Crippen LogP contribution in [0.15, 0.2) is 36.7 Å². The number of carbonyl (C=O) groups excluding carboxylic acids is 1. The maximum atomic E-state index is 12.3. The molecule has 2 rings (SSSR count). The van der Waals surface area contributed by atoms with Crippen LogP contribution in [0.25, 0.3) is 0 Å². The summed E-state index contributed by atoms with van der Waals surface area (Å²) in [6.45, 7) is 0. The molecule has 0 bridgehead atoms. The van der Waals surface area contributed by atoms with Crippen LogP contribution in [-0.2, 0) is 0 Å². The van der Waals surface area contributed by atoms with E-state index in [1.54, 1.807) is 18.2 Å². The van der Waals surface area contributed by atoms with E-state index < -0.39 is 11.9 Å². The standard InChI is InChI=1S/C15H14N2O5/c1-21-9-3-4-13(22-2)12(7-9)17-14(18)10-5-6-16-8-11(10)15(19)20/h3-8H,1-2H3,(H,17,18)(H,19,20). The quantitative estimate of drug-likeness (QED) is 0.877. The van der Waals surface area contributed by atoms with Crippen molar-refractivity contribution in [1.82, 2.24) is 4.98 Å². The molecule has 7 heteroatoms. The SMILES string of the molecule is COc1ccc(OC)c(NC(=O)c2ccncc2C(=O)O)c1. The predicted molar refractivity (Wildman–Crippen MR) is 78.7 cm³/mol. The van der Waals surface area contributed by atoms with E-state index in [4.69, 9.17) is 14.6 Å². The monoisotopic (exact) mass is 302 g/mol. The zero-order chi connectivity index (χ0) is 16.1. The maximum Gasteiger partial charge on any atom is 0.338 e. The number of methoxy groups -OCH3 is 2. The molecule has 0 spiro atoms. The second-order valence-electron chi connectivity index (χ2n) is 4.25. The van der Waals surface area contributed by atoms with Crippen molar-refractivity contribution >= 4 is 17.6 Å². The molecule has 0 atom stereocenters. The smallest absolute Gasteiger partial charge is 0.338 e. The van der Waals surface area contributed by atoms with Gasteiger partial charge in [0.15, 0.2) is 0 Å². The Morgan fingerprint density at radius 3 is 2.55 bits per heavy atom. The number of carboxylic acid groups (broad SMARTS) is 1. The summed E-state index contributed by atoms with van der Waals surface area (Å²) in [5.74, 6) is -0.841. The van der Waals surface area contributed by atoms with Crippen molar-refractivity contribution in [1.29, 1.82) is 0 Å². The van der Waals surface area contributed by atoms with Crippen molar-refractivity contribution in [2.45, 2.75) is 0 Å². The Bertz CT molecular complexity index is 715. The molecule has 22 heavy (non-hydrogen) atoms. The number of hydrogen-bond acceptors (Lipinski definition) is 5. The molecule has 0 saturated carbocycles. The summed E-state index contributed by atoms with van der Waals surface area (Å²) in [6.07, 6.45) is 2.48. The third-order valence-electron chi connectivity index (χ3n) is 2.95. The van der Waals surface area contributed by atoms with Gasteiger partial charge in [-0.25, -0.2) is 4.79 Å². The zero-order valence-electron chi connectivity index (χ0n) is 12.0. The summed E-state index contributed by atoms with van der Waals surface area (Å²) in [7, 11) is 2.96. The van der Waals surface area contributed by atoms with Gasteiger partial charge in [0.2, 0.25) is 0 Å². The number of anilines is 1. The van der Waals surface area contributed by atoms with Crippen LogP contribution in [0.2, 0.25) is 0 Å². The van der Waals surface area contributed by atoms with Crippen LogP contribution in [-0.4, -0.2) is 36.2 Å². The topological polar surface area (TPSA) is 97.8 Å². The van der Waals surface area contributed by atoms with E-state index in [1.807, 2.05) is 0 Å². The lowest BCUT2D eigenvalue weighted by Gasteiger charge is -2.12. The molecule has 0 aliphatic rings. The van der Waals surface area contributed by atoms with Crippen LogP contribution in [0.3, 0.4) is 0 Å². The molecule has 0 unspecified atom stereocenters. The number of pyridine rings is 1. The first-order valence-electron chi connectivity index (χ1n) is 6.27. The number of carbonyl (C=O) groups is 2. The van der Waals surface area contributed by atoms with Gasteiger partial charge in [-0.2, -0.15) is 0 Å². The Morgan fingerprint density at radius 1 is 1.14 bits per heavy atom. The van der Waals surface area contributed by atoms with Gasteiger partial charge in [-0.1, -0.05) is 0 Å². The molecule has 0 fully saturated rings. The lowest BCUT2D eigenvalue weighted by Crippen LogP contribution is -2.17. The summed E-state index contributed by atoms with van der Waals surface area (Å²) in [5.41, 5.74) is 0.203. The van der Waals surface area contributed by atoms with E-state index in [2.05, 4.69) is 10.3 Å². The largest absolute Gasteiger partial charge is 0.497 e. The third-order valence-corrected chi connectivity index (χ3v) is 2.95. The second kappa shape index (κ2) is 6.57. The highest BCUT2D eigenvalue weighted by Crippen LogP contribution is 2.29. The lowest BCUT2D eigenvalue weighted by molar-refractivity contribution is 0.0692. The number of nitrogens with zero attached hydrogens (tertiary/aromatic N) is 1. The Hall–Kier alpha value is -3.09. The number of rotatable bonds is 5. The van der Waals surface area contributed by atoms with Gasteiger partial charge in [0.25, 0.3) is 5.91 Å². The summed E-state index contributed by atoms with van der Waals surface area (Å²) in [5, 5.41) is 11.7. The molecule has 0 saturated heterocycles. The van der Waals surface area contributed by atoms with Gasteiger partial charge in [-0.05, 0) is 18.2 Å². The van der Waals surface area contributed by atoms with Gasteiger partial charge in [0.05, 0.1) is 31.0 Å². The van der Waals surface area contributed by atoms with Crippen LogP contribution >= 0.6 is 0 Å².